The summed E-state index contributed by atoms with van der Waals surface area (Å²) in [7, 11) is 0. The Kier molecular flexibility index (Phi) is 5.60. The summed E-state index contributed by atoms with van der Waals surface area (Å²) in [6, 6.07) is 9.19. The van der Waals surface area contributed by atoms with Crippen LogP contribution < -0.4 is 5.32 Å². The van der Waals surface area contributed by atoms with Crippen LogP contribution in [0.25, 0.3) is 0 Å². The molecular weight excluding hydrogens is 338 g/mol. The van der Waals surface area contributed by atoms with Gasteiger partial charge in [0.1, 0.15) is 0 Å². The van der Waals surface area contributed by atoms with Gasteiger partial charge in [0.05, 0.1) is 11.3 Å². The monoisotopic (exact) mass is 357 g/mol. The smallest absolute Gasteiger partial charge is 0.308 e. The highest BCUT2D eigenvalue weighted by atomic mass is 32.1. The predicted molar refractivity (Wildman–Crippen MR) is 95.0 cm³/mol. The summed E-state index contributed by atoms with van der Waals surface area (Å²) in [5.41, 5.74) is 3.10. The lowest BCUT2D eigenvalue weighted by Crippen LogP contribution is -2.26. The fraction of sp³-hybridized carbons (Fsp3) is 0.316. The molecule has 0 spiro atoms. The van der Waals surface area contributed by atoms with Gasteiger partial charge in [-0.15, -0.1) is 11.3 Å². The molecule has 0 fully saturated rings. The van der Waals surface area contributed by atoms with Crippen LogP contribution in [0.5, 0.6) is 0 Å². The van der Waals surface area contributed by atoms with Crippen LogP contribution in [0.1, 0.15) is 44.0 Å². The zero-order valence-electron chi connectivity index (χ0n) is 13.7. The fourth-order valence-electron chi connectivity index (χ4n) is 2.82. The van der Waals surface area contributed by atoms with Crippen LogP contribution in [0.2, 0.25) is 0 Å². The second-order valence-corrected chi connectivity index (χ2v) is 6.85. The zero-order chi connectivity index (χ0) is 17.6. The largest absolute Gasteiger partial charge is 0.457 e. The fourth-order valence-corrected chi connectivity index (χ4v) is 3.46. The average Bonchev–Trinajstić information content (AvgIpc) is 3.30. The molecule has 0 unspecified atom stereocenters. The molecule has 5 nitrogen and oxygen atoms in total. The molecule has 0 atom stereocenters. The van der Waals surface area contributed by atoms with Crippen molar-refractivity contribution in [3.8, 4) is 0 Å². The van der Waals surface area contributed by atoms with Crippen LogP contribution in [0.4, 0.5) is 0 Å². The highest BCUT2D eigenvalue weighted by Gasteiger charge is 2.15. The first-order chi connectivity index (χ1) is 12.1. The van der Waals surface area contributed by atoms with Crippen molar-refractivity contribution in [2.75, 3.05) is 13.2 Å². The van der Waals surface area contributed by atoms with E-state index in [0.29, 0.717) is 10.4 Å². The van der Waals surface area contributed by atoms with Gasteiger partial charge >= 0.3 is 5.97 Å². The molecule has 1 aliphatic carbocycles. The Labute approximate surface area is 150 Å². The van der Waals surface area contributed by atoms with Crippen LogP contribution >= 0.6 is 11.3 Å². The molecule has 0 saturated carbocycles. The van der Waals surface area contributed by atoms with Crippen molar-refractivity contribution in [3.05, 3.63) is 57.3 Å². The van der Waals surface area contributed by atoms with E-state index in [-0.39, 0.29) is 31.3 Å². The summed E-state index contributed by atoms with van der Waals surface area (Å²) in [6.07, 6.45) is 3.23. The van der Waals surface area contributed by atoms with Gasteiger partial charge in [-0.1, -0.05) is 18.2 Å². The molecule has 0 saturated heterocycles. The molecule has 130 valence electrons. The standard InChI is InChI=1S/C19H19NO4S/c21-16(15-7-6-13-3-1-4-14(13)11-15)12-24-18(22)8-9-20-19(23)17-5-2-10-25-17/h2,5-7,10-11H,1,3-4,8-9,12H2,(H,20,23). The first-order valence-electron chi connectivity index (χ1n) is 8.26. The Bertz CT molecular complexity index is 783. The maximum absolute atomic E-state index is 12.1. The first kappa shape index (κ1) is 17.4. The number of carbonyl (C=O) groups is 3. The lowest BCUT2D eigenvalue weighted by atomic mass is 10.0. The molecule has 1 aromatic carbocycles. The SMILES string of the molecule is O=C(CCNC(=O)c1cccs1)OCC(=O)c1ccc2c(c1)CCC2. The van der Waals surface area contributed by atoms with E-state index < -0.39 is 5.97 Å². The molecule has 2 aromatic rings. The third-order valence-electron chi connectivity index (χ3n) is 4.14. The van der Waals surface area contributed by atoms with E-state index in [0.717, 1.165) is 19.3 Å². The molecule has 1 aliphatic rings. The summed E-state index contributed by atoms with van der Waals surface area (Å²) in [4.78, 5) is 36.2. The van der Waals surface area contributed by atoms with Gasteiger partial charge in [0.2, 0.25) is 0 Å². The minimum Gasteiger partial charge on any atom is -0.457 e. The van der Waals surface area contributed by atoms with E-state index in [1.165, 1.54) is 22.5 Å². The molecule has 0 bridgehead atoms. The zero-order valence-corrected chi connectivity index (χ0v) is 14.6. The molecule has 1 amide bonds. The van der Waals surface area contributed by atoms with Crippen LogP contribution in [0.15, 0.2) is 35.7 Å². The summed E-state index contributed by atoms with van der Waals surface area (Å²) < 4.78 is 5.01. The van der Waals surface area contributed by atoms with Gasteiger partial charge in [0.25, 0.3) is 5.91 Å². The van der Waals surface area contributed by atoms with Gasteiger partial charge in [-0.2, -0.15) is 0 Å². The molecule has 3 rings (SSSR count). The predicted octanol–water partition coefficient (Wildman–Crippen LogP) is 2.78. The quantitative estimate of drug-likeness (QED) is 0.611. The van der Waals surface area contributed by atoms with Crippen LogP contribution in [-0.2, 0) is 22.4 Å². The number of amides is 1. The number of carbonyl (C=O) groups excluding carboxylic acids is 3. The minimum atomic E-state index is -0.499. The molecule has 25 heavy (non-hydrogen) atoms. The van der Waals surface area contributed by atoms with Crippen molar-refractivity contribution in [1.82, 2.24) is 5.32 Å². The Morgan fingerprint density at radius 2 is 1.96 bits per heavy atom. The maximum Gasteiger partial charge on any atom is 0.308 e. The van der Waals surface area contributed by atoms with Crippen LogP contribution in [0.3, 0.4) is 0 Å². The number of hydrogen-bond donors (Lipinski definition) is 1. The van der Waals surface area contributed by atoms with Gasteiger partial charge in [0.15, 0.2) is 12.4 Å². The van der Waals surface area contributed by atoms with E-state index >= 15 is 0 Å². The second-order valence-electron chi connectivity index (χ2n) is 5.90. The van der Waals surface area contributed by atoms with Crippen LogP contribution in [-0.4, -0.2) is 30.8 Å². The first-order valence-corrected chi connectivity index (χ1v) is 9.14. The van der Waals surface area contributed by atoms with E-state index in [1.54, 1.807) is 18.2 Å². The number of thiophene rings is 1. The van der Waals surface area contributed by atoms with E-state index in [2.05, 4.69) is 5.32 Å². The maximum atomic E-state index is 12.1. The topological polar surface area (TPSA) is 72.5 Å². The Morgan fingerprint density at radius 1 is 1.12 bits per heavy atom. The number of aryl methyl sites for hydroxylation is 2. The number of nitrogens with one attached hydrogen (secondary N) is 1. The number of rotatable bonds is 7. The van der Waals surface area contributed by atoms with Gasteiger partial charge in [-0.3, -0.25) is 14.4 Å². The molecule has 1 N–H and O–H groups in total. The molecule has 1 heterocycles. The summed E-state index contributed by atoms with van der Waals surface area (Å²) in [6.45, 7) is -0.0842. The number of ether oxygens (including phenoxy) is 1. The molecule has 6 heteroatoms. The average molecular weight is 357 g/mol. The van der Waals surface area contributed by atoms with Crippen molar-refractivity contribution in [1.29, 1.82) is 0 Å². The van der Waals surface area contributed by atoms with Crippen molar-refractivity contribution in [3.63, 3.8) is 0 Å². The van der Waals surface area contributed by atoms with Gasteiger partial charge in [0, 0.05) is 12.1 Å². The third-order valence-corrected chi connectivity index (χ3v) is 5.01. The summed E-state index contributed by atoms with van der Waals surface area (Å²) in [5, 5.41) is 4.46. The van der Waals surface area contributed by atoms with Gasteiger partial charge in [-0.25, -0.2) is 0 Å². The number of fused-ring (bicyclic) bond motifs is 1. The number of esters is 1. The minimum absolute atomic E-state index is 0.0363. The molecular formula is C19H19NO4S. The van der Waals surface area contributed by atoms with E-state index in [4.69, 9.17) is 4.74 Å². The molecule has 1 aromatic heterocycles. The molecule has 0 aliphatic heterocycles. The number of hydrogen-bond acceptors (Lipinski definition) is 5. The number of Topliss-reactive ketones (excluding diaryl/α,β-unsaturated/α-hetero) is 1. The van der Waals surface area contributed by atoms with Crippen molar-refractivity contribution >= 4 is 29.0 Å². The Hall–Kier alpha value is -2.47. The van der Waals surface area contributed by atoms with Crippen molar-refractivity contribution in [2.24, 2.45) is 0 Å². The Morgan fingerprint density at radius 3 is 2.76 bits per heavy atom. The van der Waals surface area contributed by atoms with Crippen molar-refractivity contribution < 1.29 is 19.1 Å². The number of benzene rings is 1. The second kappa shape index (κ2) is 8.07. The molecule has 0 radical (unpaired) electrons. The van der Waals surface area contributed by atoms with Gasteiger partial charge < -0.3 is 10.1 Å². The van der Waals surface area contributed by atoms with Crippen LogP contribution in [0, 0.1) is 0 Å². The van der Waals surface area contributed by atoms with E-state index in [1.807, 2.05) is 17.5 Å². The highest BCUT2D eigenvalue weighted by molar-refractivity contribution is 7.12. The third kappa shape index (κ3) is 4.54. The summed E-state index contributed by atoms with van der Waals surface area (Å²) in [5.74, 6) is -0.913. The number of ketones is 1. The normalized spacial score (nSPS) is 12.5. The van der Waals surface area contributed by atoms with Gasteiger partial charge in [-0.05, 0) is 47.9 Å². The van der Waals surface area contributed by atoms with Crippen molar-refractivity contribution in [2.45, 2.75) is 25.7 Å². The highest BCUT2D eigenvalue weighted by Crippen LogP contribution is 2.23. The lowest BCUT2D eigenvalue weighted by molar-refractivity contribution is -0.142. The lowest BCUT2D eigenvalue weighted by Gasteiger charge is -2.07. The van der Waals surface area contributed by atoms with E-state index in [9.17, 15) is 14.4 Å². The Balaban J connectivity index is 1.40. The summed E-state index contributed by atoms with van der Waals surface area (Å²) >= 11 is 1.34.